The number of para-hydroxylation sites is 2. The fraction of sp³-hybridized carbons (Fsp3) is 0.350. The van der Waals surface area contributed by atoms with Crippen molar-refractivity contribution in [2.45, 2.75) is 57.3 Å². The Morgan fingerprint density at radius 1 is 0.720 bits per heavy atom. The molecule has 0 spiro atoms. The third-order valence-corrected chi connectivity index (χ3v) is 9.30. The molecule has 4 aromatic carbocycles. The topological polar surface area (TPSA) is 129 Å². The standard InChI is InChI=1S/C40H47N5O5/c41-35-9-4-5-10-36(35)43-39(48)12-6-11-38(47)42-33-19-17-32(18-20-33)40-49-34(25-37(50-40)31-15-13-30(28-46)14-16-31)27-45-23-21-44(22-24-45)26-29-7-2-1-3-8-29/h1-5,7-10,13-20,34,37,40,46H,6,11-12,21-28,41H2,(H,42,47)(H,43,48)/t34-,37+,40+/m0/s1. The highest BCUT2D eigenvalue weighted by Crippen LogP contribution is 2.38. The Morgan fingerprint density at radius 3 is 2.06 bits per heavy atom. The monoisotopic (exact) mass is 677 g/mol. The molecule has 0 aromatic heterocycles. The Hall–Kier alpha value is -4.58. The summed E-state index contributed by atoms with van der Waals surface area (Å²) in [6.45, 7) is 5.76. The van der Waals surface area contributed by atoms with Crippen LogP contribution in [0.1, 0.15) is 60.3 Å². The lowest BCUT2D eigenvalue weighted by Gasteiger charge is -2.40. The van der Waals surface area contributed by atoms with Gasteiger partial charge in [0.05, 0.1) is 30.2 Å². The van der Waals surface area contributed by atoms with E-state index in [1.165, 1.54) is 5.56 Å². The predicted molar refractivity (Wildman–Crippen MR) is 195 cm³/mol. The number of rotatable bonds is 13. The van der Waals surface area contributed by atoms with E-state index in [1.807, 2.05) is 54.6 Å². The van der Waals surface area contributed by atoms with Crippen molar-refractivity contribution in [3.63, 3.8) is 0 Å². The molecule has 0 unspecified atom stereocenters. The molecule has 5 N–H and O–H groups in total. The number of aliphatic hydroxyl groups is 1. The molecule has 6 rings (SSSR count). The number of nitrogens with zero attached hydrogens (tertiary/aromatic N) is 2. The molecule has 0 bridgehead atoms. The van der Waals surface area contributed by atoms with E-state index in [9.17, 15) is 14.7 Å². The summed E-state index contributed by atoms with van der Waals surface area (Å²) >= 11 is 0. The first-order valence-corrected chi connectivity index (χ1v) is 17.5. The fourth-order valence-electron chi connectivity index (χ4n) is 6.47. The number of carbonyl (C=O) groups excluding carboxylic acids is 2. The minimum absolute atomic E-state index is 0.00154. The quantitative estimate of drug-likeness (QED) is 0.129. The van der Waals surface area contributed by atoms with Crippen LogP contribution in [0.25, 0.3) is 0 Å². The van der Waals surface area contributed by atoms with Crippen LogP contribution in [0.15, 0.2) is 103 Å². The van der Waals surface area contributed by atoms with Gasteiger partial charge in [0, 0.05) is 69.8 Å². The number of aliphatic hydroxyl groups excluding tert-OH is 1. The van der Waals surface area contributed by atoms with Crippen LogP contribution in [0.3, 0.4) is 0 Å². The summed E-state index contributed by atoms with van der Waals surface area (Å²) in [4.78, 5) is 29.9. The SMILES string of the molecule is Nc1ccccc1NC(=O)CCCC(=O)Nc1ccc([C@@H]2O[C@H](CN3CCN(Cc4ccccc4)CC3)C[C@H](c3ccc(CO)cc3)O2)cc1. The lowest BCUT2D eigenvalue weighted by atomic mass is 9.99. The van der Waals surface area contributed by atoms with Crippen LogP contribution in [0.5, 0.6) is 0 Å². The van der Waals surface area contributed by atoms with Crippen molar-refractivity contribution in [1.82, 2.24) is 9.80 Å². The van der Waals surface area contributed by atoms with Crippen LogP contribution in [-0.2, 0) is 32.2 Å². The van der Waals surface area contributed by atoms with Gasteiger partial charge in [0.2, 0.25) is 11.8 Å². The first kappa shape index (κ1) is 35.3. The average Bonchev–Trinajstić information content (AvgIpc) is 3.14. The minimum atomic E-state index is -0.572. The molecular weight excluding hydrogens is 630 g/mol. The van der Waals surface area contributed by atoms with Gasteiger partial charge in [-0.15, -0.1) is 0 Å². The number of anilines is 3. The lowest BCUT2D eigenvalue weighted by molar-refractivity contribution is -0.253. The van der Waals surface area contributed by atoms with E-state index in [4.69, 9.17) is 15.2 Å². The van der Waals surface area contributed by atoms with Gasteiger partial charge in [0.1, 0.15) is 0 Å². The maximum absolute atomic E-state index is 12.6. The molecular formula is C40H47N5O5. The smallest absolute Gasteiger partial charge is 0.224 e. The second-order valence-electron chi connectivity index (χ2n) is 13.1. The zero-order chi connectivity index (χ0) is 34.7. The lowest BCUT2D eigenvalue weighted by Crippen LogP contribution is -2.49. The van der Waals surface area contributed by atoms with Crippen LogP contribution in [0.4, 0.5) is 17.1 Å². The van der Waals surface area contributed by atoms with Crippen molar-refractivity contribution in [2.75, 3.05) is 49.1 Å². The molecule has 4 aromatic rings. The van der Waals surface area contributed by atoms with Gasteiger partial charge in [-0.2, -0.15) is 0 Å². The maximum Gasteiger partial charge on any atom is 0.224 e. The number of nitrogens with one attached hydrogen (secondary N) is 2. The molecule has 2 aliphatic heterocycles. The first-order chi connectivity index (χ1) is 24.4. The number of ether oxygens (including phenoxy) is 2. The van der Waals surface area contributed by atoms with Gasteiger partial charge in [0.15, 0.2) is 6.29 Å². The number of hydrogen-bond acceptors (Lipinski definition) is 8. The molecule has 2 amide bonds. The Balaban J connectivity index is 1.03. The van der Waals surface area contributed by atoms with Crippen LogP contribution < -0.4 is 16.4 Å². The number of benzene rings is 4. The van der Waals surface area contributed by atoms with Crippen molar-refractivity contribution >= 4 is 28.9 Å². The fourth-order valence-corrected chi connectivity index (χ4v) is 6.47. The van der Waals surface area contributed by atoms with Gasteiger partial charge in [-0.1, -0.05) is 78.9 Å². The second-order valence-corrected chi connectivity index (χ2v) is 13.1. The maximum atomic E-state index is 12.6. The van der Waals surface area contributed by atoms with Crippen molar-refractivity contribution in [2.24, 2.45) is 0 Å². The number of amides is 2. The van der Waals surface area contributed by atoms with Gasteiger partial charge in [-0.3, -0.25) is 19.4 Å². The van der Waals surface area contributed by atoms with Gasteiger partial charge >= 0.3 is 0 Å². The third-order valence-electron chi connectivity index (χ3n) is 9.30. The highest BCUT2D eigenvalue weighted by Gasteiger charge is 2.34. The van der Waals surface area contributed by atoms with E-state index in [1.54, 1.807) is 18.2 Å². The molecule has 0 aliphatic carbocycles. The van der Waals surface area contributed by atoms with E-state index in [0.29, 0.717) is 23.5 Å². The van der Waals surface area contributed by atoms with Gasteiger partial charge < -0.3 is 30.9 Å². The normalized spacial score (nSPS) is 19.9. The van der Waals surface area contributed by atoms with Crippen LogP contribution >= 0.6 is 0 Å². The Kier molecular flexibility index (Phi) is 12.3. The summed E-state index contributed by atoms with van der Waals surface area (Å²) < 4.78 is 13.1. The summed E-state index contributed by atoms with van der Waals surface area (Å²) in [6.07, 6.45) is 0.796. The van der Waals surface area contributed by atoms with Gasteiger partial charge in [-0.25, -0.2) is 0 Å². The van der Waals surface area contributed by atoms with E-state index >= 15 is 0 Å². The molecule has 10 nitrogen and oxygen atoms in total. The van der Waals surface area contributed by atoms with Crippen molar-refractivity contribution < 1.29 is 24.2 Å². The highest BCUT2D eigenvalue weighted by molar-refractivity contribution is 5.94. The number of piperazine rings is 1. The molecule has 50 heavy (non-hydrogen) atoms. The van der Waals surface area contributed by atoms with Crippen LogP contribution in [0, 0.1) is 0 Å². The number of nitrogen functional groups attached to an aromatic ring is 1. The van der Waals surface area contributed by atoms with Crippen molar-refractivity contribution in [3.8, 4) is 0 Å². The molecule has 10 heteroatoms. The highest BCUT2D eigenvalue weighted by atomic mass is 16.7. The molecule has 2 saturated heterocycles. The van der Waals surface area contributed by atoms with Gasteiger partial charge in [0.25, 0.3) is 0 Å². The molecule has 0 saturated carbocycles. The number of hydrogen-bond donors (Lipinski definition) is 4. The summed E-state index contributed by atoms with van der Waals surface area (Å²) in [5.41, 5.74) is 11.8. The molecule has 262 valence electrons. The van der Waals surface area contributed by atoms with Crippen LogP contribution in [-0.4, -0.2) is 65.5 Å². The van der Waals surface area contributed by atoms with Crippen LogP contribution in [0.2, 0.25) is 0 Å². The van der Waals surface area contributed by atoms with E-state index in [-0.39, 0.29) is 43.5 Å². The summed E-state index contributed by atoms with van der Waals surface area (Å²) in [5.74, 6) is -0.343. The average molecular weight is 678 g/mol. The number of nitrogens with two attached hydrogens (primary N) is 1. The summed E-state index contributed by atoms with van der Waals surface area (Å²) in [5, 5.41) is 15.3. The van der Waals surface area contributed by atoms with E-state index in [2.05, 4.69) is 50.8 Å². The summed E-state index contributed by atoms with van der Waals surface area (Å²) in [6, 6.07) is 33.2. The molecule has 2 fully saturated rings. The van der Waals surface area contributed by atoms with E-state index in [0.717, 1.165) is 62.4 Å². The Labute approximate surface area is 294 Å². The predicted octanol–water partition coefficient (Wildman–Crippen LogP) is 5.87. The largest absolute Gasteiger partial charge is 0.397 e. The molecule has 3 atom stereocenters. The Bertz CT molecular complexity index is 1680. The molecule has 0 radical (unpaired) electrons. The Morgan fingerprint density at radius 2 is 1.36 bits per heavy atom. The van der Waals surface area contributed by atoms with Crippen molar-refractivity contribution in [1.29, 1.82) is 0 Å². The van der Waals surface area contributed by atoms with E-state index < -0.39 is 6.29 Å². The second kappa shape index (κ2) is 17.4. The number of carbonyl (C=O) groups is 2. The third kappa shape index (κ3) is 9.99. The first-order valence-electron chi connectivity index (χ1n) is 17.5. The zero-order valence-electron chi connectivity index (χ0n) is 28.4. The molecule has 2 heterocycles. The zero-order valence-corrected chi connectivity index (χ0v) is 28.4. The summed E-state index contributed by atoms with van der Waals surface area (Å²) in [7, 11) is 0. The molecule has 2 aliphatic rings. The van der Waals surface area contributed by atoms with Crippen molar-refractivity contribution in [3.05, 3.63) is 125 Å². The minimum Gasteiger partial charge on any atom is -0.397 e. The van der Waals surface area contributed by atoms with Gasteiger partial charge in [-0.05, 0) is 47.4 Å².